The van der Waals surface area contributed by atoms with Crippen LogP contribution in [-0.4, -0.2) is 29.0 Å². The highest BCUT2D eigenvalue weighted by Gasteiger charge is 2.28. The van der Waals surface area contributed by atoms with E-state index in [0.717, 1.165) is 0 Å². The minimum absolute atomic E-state index is 0. The van der Waals surface area contributed by atoms with Crippen LogP contribution < -0.4 is 11.5 Å². The van der Waals surface area contributed by atoms with Crippen molar-refractivity contribution in [3.8, 4) is 0 Å². The van der Waals surface area contributed by atoms with E-state index in [9.17, 15) is 13.6 Å². The van der Waals surface area contributed by atoms with E-state index in [1.807, 2.05) is 0 Å². The molecule has 1 atom stereocenters. The Kier molecular flexibility index (Phi) is 12.1. The topological polar surface area (TPSA) is 102 Å². The van der Waals surface area contributed by atoms with Crippen molar-refractivity contribution in [2.75, 3.05) is 6.54 Å². The molecule has 0 radical (unpaired) electrons. The molecule has 0 aromatic carbocycles. The number of allylic oxidation sites excluding steroid dienone is 1. The van der Waals surface area contributed by atoms with Crippen molar-refractivity contribution >= 4 is 36.6 Å². The molecule has 0 aliphatic rings. The summed E-state index contributed by atoms with van der Waals surface area (Å²) in [7, 11) is 0. The number of hydrogen-bond acceptors (Lipinski definition) is 3. The summed E-state index contributed by atoms with van der Waals surface area (Å²) in [5.41, 5.74) is 8.96. The highest BCUT2D eigenvalue weighted by atomic mass is 35.5. The molecular formula is C10H19Cl2F2N3O2. The number of nitrogens with zero attached hydrogens (tertiary/aromatic N) is 1. The van der Waals surface area contributed by atoms with Gasteiger partial charge in [-0.3, -0.25) is 9.79 Å². The van der Waals surface area contributed by atoms with Gasteiger partial charge in [0.2, 0.25) is 0 Å². The van der Waals surface area contributed by atoms with Gasteiger partial charge in [-0.15, -0.1) is 24.8 Å². The number of hydrogen-bond donors (Lipinski definition) is 3. The number of amidine groups is 1. The number of aliphatic imine (C=N–C) groups is 1. The zero-order valence-electron chi connectivity index (χ0n) is 10.7. The van der Waals surface area contributed by atoms with E-state index in [-0.39, 0.29) is 43.5 Å². The van der Waals surface area contributed by atoms with E-state index >= 15 is 0 Å². The quantitative estimate of drug-likeness (QED) is 0.514. The first-order valence-corrected chi connectivity index (χ1v) is 4.98. The summed E-state index contributed by atoms with van der Waals surface area (Å²) in [6, 6.07) is 0. The van der Waals surface area contributed by atoms with E-state index in [2.05, 4.69) is 4.99 Å². The SMILES string of the molecule is CC(N)=NC/C(F)=C(\F)CCC(C)(N)C(=O)O.Cl.Cl. The summed E-state index contributed by atoms with van der Waals surface area (Å²) in [5.74, 6) is -3.23. The molecule has 9 heteroatoms. The Balaban J connectivity index is -0.00000128. The largest absolute Gasteiger partial charge is 0.480 e. The van der Waals surface area contributed by atoms with Crippen LogP contribution in [0.25, 0.3) is 0 Å². The molecule has 0 saturated heterocycles. The number of rotatable bonds is 6. The van der Waals surface area contributed by atoms with Gasteiger partial charge in [-0.25, -0.2) is 8.78 Å². The smallest absolute Gasteiger partial charge is 0.323 e. The minimum atomic E-state index is -1.58. The fourth-order valence-electron chi connectivity index (χ4n) is 0.892. The van der Waals surface area contributed by atoms with Gasteiger partial charge in [-0.1, -0.05) is 0 Å². The van der Waals surface area contributed by atoms with Crippen molar-refractivity contribution in [3.05, 3.63) is 11.7 Å². The second-order valence-corrected chi connectivity index (χ2v) is 3.99. The molecule has 19 heavy (non-hydrogen) atoms. The normalized spacial score (nSPS) is 15.5. The molecule has 0 fully saturated rings. The van der Waals surface area contributed by atoms with Crippen molar-refractivity contribution in [3.63, 3.8) is 0 Å². The maximum atomic E-state index is 13.2. The Morgan fingerprint density at radius 1 is 1.32 bits per heavy atom. The van der Waals surface area contributed by atoms with E-state index in [0.29, 0.717) is 0 Å². The third-order valence-electron chi connectivity index (χ3n) is 2.11. The molecule has 0 rings (SSSR count). The second kappa shape index (κ2) is 9.94. The molecule has 0 aliphatic carbocycles. The van der Waals surface area contributed by atoms with Gasteiger partial charge < -0.3 is 16.6 Å². The Bertz CT molecular complexity index is 357. The number of carbonyl (C=O) groups is 1. The zero-order chi connectivity index (χ0) is 13.6. The first-order valence-electron chi connectivity index (χ1n) is 4.98. The van der Waals surface area contributed by atoms with Crippen LogP contribution >= 0.6 is 24.8 Å². The number of halogens is 4. The van der Waals surface area contributed by atoms with Gasteiger partial charge in [-0.2, -0.15) is 0 Å². The standard InChI is InChI=1S/C10H17F2N3O2.2ClH/c1-6(13)15-5-8(12)7(11)3-4-10(2,14)9(16)17;;/h3-5,14H2,1-2H3,(H2,13,15)(H,16,17);2*1H/b8-7+;;. The summed E-state index contributed by atoms with van der Waals surface area (Å²) in [6.07, 6.45) is -0.586. The Morgan fingerprint density at radius 2 is 1.79 bits per heavy atom. The predicted octanol–water partition coefficient (Wildman–Crippen LogP) is 1.94. The summed E-state index contributed by atoms with van der Waals surface area (Å²) < 4.78 is 26.3. The van der Waals surface area contributed by atoms with E-state index in [1.165, 1.54) is 13.8 Å². The molecule has 114 valence electrons. The van der Waals surface area contributed by atoms with E-state index in [1.54, 1.807) is 0 Å². The van der Waals surface area contributed by atoms with Crippen LogP contribution in [0.5, 0.6) is 0 Å². The number of carboxylic acids is 1. The summed E-state index contributed by atoms with van der Waals surface area (Å²) in [6.45, 7) is 2.21. The van der Waals surface area contributed by atoms with Crippen molar-refractivity contribution in [2.24, 2.45) is 16.5 Å². The third-order valence-corrected chi connectivity index (χ3v) is 2.11. The fraction of sp³-hybridized carbons (Fsp3) is 0.600. The Hall–Kier alpha value is -0.920. The molecule has 0 aromatic rings. The third kappa shape index (κ3) is 9.63. The predicted molar refractivity (Wildman–Crippen MR) is 75.4 cm³/mol. The first kappa shape index (κ1) is 23.2. The molecule has 0 saturated carbocycles. The van der Waals surface area contributed by atoms with Crippen LogP contribution in [0.3, 0.4) is 0 Å². The van der Waals surface area contributed by atoms with Gasteiger partial charge in [0.1, 0.15) is 11.4 Å². The first-order chi connectivity index (χ1) is 7.66. The van der Waals surface area contributed by atoms with E-state index < -0.39 is 29.7 Å². The van der Waals surface area contributed by atoms with Gasteiger partial charge in [0.05, 0.1) is 12.4 Å². The Labute approximate surface area is 123 Å². The van der Waals surface area contributed by atoms with Crippen molar-refractivity contribution in [1.29, 1.82) is 0 Å². The maximum Gasteiger partial charge on any atom is 0.323 e. The van der Waals surface area contributed by atoms with Crippen molar-refractivity contribution < 1.29 is 18.7 Å². The van der Waals surface area contributed by atoms with Crippen LogP contribution in [-0.2, 0) is 4.79 Å². The molecule has 0 heterocycles. The molecule has 5 N–H and O–H groups in total. The lowest BCUT2D eigenvalue weighted by atomic mass is 9.97. The van der Waals surface area contributed by atoms with Gasteiger partial charge >= 0.3 is 5.97 Å². The van der Waals surface area contributed by atoms with Gasteiger partial charge in [0.15, 0.2) is 5.83 Å². The molecule has 0 spiro atoms. The summed E-state index contributed by atoms with van der Waals surface area (Å²) in [5, 5.41) is 8.67. The molecule has 0 bridgehead atoms. The van der Waals surface area contributed by atoms with Gasteiger partial charge in [0, 0.05) is 6.42 Å². The van der Waals surface area contributed by atoms with Gasteiger partial charge in [-0.05, 0) is 20.3 Å². The average Bonchev–Trinajstić information content (AvgIpc) is 2.22. The molecule has 5 nitrogen and oxygen atoms in total. The molecule has 0 amide bonds. The van der Waals surface area contributed by atoms with Crippen molar-refractivity contribution in [1.82, 2.24) is 0 Å². The molecule has 0 aromatic heterocycles. The van der Waals surface area contributed by atoms with Crippen LogP contribution in [0.1, 0.15) is 26.7 Å². The molecule has 0 aliphatic heterocycles. The van der Waals surface area contributed by atoms with Crippen molar-refractivity contribution in [2.45, 2.75) is 32.2 Å². The lowest BCUT2D eigenvalue weighted by Gasteiger charge is -2.18. The van der Waals surface area contributed by atoms with Crippen LogP contribution in [0.15, 0.2) is 16.6 Å². The van der Waals surface area contributed by atoms with E-state index in [4.69, 9.17) is 16.6 Å². The summed E-state index contributed by atoms with van der Waals surface area (Å²) >= 11 is 0. The monoisotopic (exact) mass is 321 g/mol. The molecular weight excluding hydrogens is 303 g/mol. The Morgan fingerprint density at radius 3 is 2.16 bits per heavy atom. The number of carboxylic acid groups (broad SMARTS) is 1. The number of aliphatic carboxylic acids is 1. The fourth-order valence-corrected chi connectivity index (χ4v) is 0.892. The second-order valence-electron chi connectivity index (χ2n) is 3.99. The van der Waals surface area contributed by atoms with Crippen LogP contribution in [0.2, 0.25) is 0 Å². The van der Waals surface area contributed by atoms with Gasteiger partial charge in [0.25, 0.3) is 0 Å². The lowest BCUT2D eigenvalue weighted by molar-refractivity contribution is -0.142. The van der Waals surface area contributed by atoms with Crippen LogP contribution in [0, 0.1) is 0 Å². The lowest BCUT2D eigenvalue weighted by Crippen LogP contribution is -2.44. The highest BCUT2D eigenvalue weighted by molar-refractivity contribution is 5.85. The number of nitrogens with two attached hydrogens (primary N) is 2. The molecule has 1 unspecified atom stereocenters. The zero-order valence-corrected chi connectivity index (χ0v) is 12.3. The average molecular weight is 322 g/mol. The summed E-state index contributed by atoms with van der Waals surface area (Å²) in [4.78, 5) is 14.1. The maximum absolute atomic E-state index is 13.2. The highest BCUT2D eigenvalue weighted by Crippen LogP contribution is 2.19. The van der Waals surface area contributed by atoms with Crippen LogP contribution in [0.4, 0.5) is 8.78 Å². The minimum Gasteiger partial charge on any atom is -0.480 e.